The quantitative estimate of drug-likeness (QED) is 0.752. The van der Waals surface area contributed by atoms with E-state index in [4.69, 9.17) is 5.73 Å². The zero-order valence-corrected chi connectivity index (χ0v) is 16.2. The van der Waals surface area contributed by atoms with Crippen molar-refractivity contribution in [1.82, 2.24) is 14.9 Å². The lowest BCUT2D eigenvalue weighted by molar-refractivity contribution is 0.0669. The molecule has 0 saturated carbocycles. The van der Waals surface area contributed by atoms with Gasteiger partial charge in [-0.1, -0.05) is 12.1 Å². The zero-order valence-electron chi connectivity index (χ0n) is 15.3. The van der Waals surface area contributed by atoms with Crippen LogP contribution in [-0.4, -0.2) is 53.0 Å². The second-order valence-corrected chi connectivity index (χ2v) is 7.78. The molecule has 2 N–H and O–H groups in total. The van der Waals surface area contributed by atoms with Crippen LogP contribution in [0.3, 0.4) is 0 Å². The molecule has 1 unspecified atom stereocenters. The summed E-state index contributed by atoms with van der Waals surface area (Å²) >= 11 is 1.51. The average molecular weight is 382 g/mol. The summed E-state index contributed by atoms with van der Waals surface area (Å²) in [6, 6.07) is 8.46. The molecule has 1 aliphatic rings. The summed E-state index contributed by atoms with van der Waals surface area (Å²) in [5.41, 5.74) is 7.33. The summed E-state index contributed by atoms with van der Waals surface area (Å²) in [5.74, 6) is 0.0174. The number of carbonyl (C=O) groups excluding carboxylic acids is 1. The van der Waals surface area contributed by atoms with Crippen molar-refractivity contribution in [3.8, 4) is 0 Å². The third-order valence-corrected chi connectivity index (χ3v) is 5.92. The Morgan fingerprint density at radius 1 is 1.33 bits per heavy atom. The van der Waals surface area contributed by atoms with Crippen molar-refractivity contribution in [1.29, 1.82) is 0 Å². The highest BCUT2D eigenvalue weighted by molar-refractivity contribution is 7.09. The minimum absolute atomic E-state index is 0.0174. The molecular formula is C20H23N5OS. The van der Waals surface area contributed by atoms with E-state index >= 15 is 0 Å². The van der Waals surface area contributed by atoms with Crippen LogP contribution in [0.5, 0.6) is 0 Å². The van der Waals surface area contributed by atoms with Crippen molar-refractivity contribution < 1.29 is 4.79 Å². The molecule has 0 radical (unpaired) electrons. The third kappa shape index (κ3) is 3.52. The van der Waals surface area contributed by atoms with Crippen LogP contribution in [0, 0.1) is 0 Å². The third-order valence-electron chi connectivity index (χ3n) is 5.02. The lowest BCUT2D eigenvalue weighted by atomic mass is 10.1. The van der Waals surface area contributed by atoms with Crippen LogP contribution in [0.4, 0.5) is 5.69 Å². The maximum absolute atomic E-state index is 12.9. The molecular weight excluding hydrogens is 358 g/mol. The Kier molecular flexibility index (Phi) is 5.05. The van der Waals surface area contributed by atoms with Crippen LogP contribution in [0.2, 0.25) is 0 Å². The summed E-state index contributed by atoms with van der Waals surface area (Å²) in [4.78, 5) is 25.9. The van der Waals surface area contributed by atoms with E-state index in [2.05, 4.69) is 46.1 Å². The SMILES string of the molecule is CC1CN(c2cccc3cnccc23)CCN1C(=O)c1csc(CCN)n1. The maximum Gasteiger partial charge on any atom is 0.273 e. The van der Waals surface area contributed by atoms with E-state index in [1.54, 1.807) is 0 Å². The number of anilines is 1. The first-order valence-electron chi connectivity index (χ1n) is 9.20. The molecule has 1 aliphatic heterocycles. The molecule has 1 fully saturated rings. The van der Waals surface area contributed by atoms with Gasteiger partial charge >= 0.3 is 0 Å². The van der Waals surface area contributed by atoms with Gasteiger partial charge in [-0.2, -0.15) is 0 Å². The Morgan fingerprint density at radius 2 is 2.22 bits per heavy atom. The van der Waals surface area contributed by atoms with Gasteiger partial charge in [-0.05, 0) is 25.6 Å². The van der Waals surface area contributed by atoms with Gasteiger partial charge in [0.2, 0.25) is 0 Å². The first-order valence-corrected chi connectivity index (χ1v) is 10.1. The average Bonchev–Trinajstić information content (AvgIpc) is 3.16. The summed E-state index contributed by atoms with van der Waals surface area (Å²) in [7, 11) is 0. The monoisotopic (exact) mass is 381 g/mol. The highest BCUT2D eigenvalue weighted by Crippen LogP contribution is 2.28. The number of hydrogen-bond acceptors (Lipinski definition) is 6. The van der Waals surface area contributed by atoms with E-state index in [1.165, 1.54) is 22.4 Å². The number of amides is 1. The number of nitrogens with zero attached hydrogens (tertiary/aromatic N) is 4. The zero-order chi connectivity index (χ0) is 18.8. The number of piperazine rings is 1. The molecule has 1 atom stereocenters. The van der Waals surface area contributed by atoms with Crippen LogP contribution in [0.15, 0.2) is 42.0 Å². The predicted octanol–water partition coefficient (Wildman–Crippen LogP) is 2.54. The van der Waals surface area contributed by atoms with E-state index in [1.807, 2.05) is 22.7 Å². The highest BCUT2D eigenvalue weighted by atomic mass is 32.1. The highest BCUT2D eigenvalue weighted by Gasteiger charge is 2.29. The smallest absolute Gasteiger partial charge is 0.273 e. The van der Waals surface area contributed by atoms with Gasteiger partial charge in [0.1, 0.15) is 5.69 Å². The molecule has 1 amide bonds. The lowest BCUT2D eigenvalue weighted by Gasteiger charge is -2.41. The summed E-state index contributed by atoms with van der Waals surface area (Å²) < 4.78 is 0. The maximum atomic E-state index is 12.9. The number of aromatic nitrogens is 2. The second kappa shape index (κ2) is 7.62. The summed E-state index contributed by atoms with van der Waals surface area (Å²) in [6.45, 7) is 4.94. The number of rotatable bonds is 4. The standard InChI is InChI=1S/C20H23N5OS/c1-14-12-24(18-4-2-3-15-11-22-8-6-16(15)18)9-10-25(14)20(26)17-13-27-19(23-17)5-7-21/h2-4,6,8,11,13-14H,5,7,9-10,12,21H2,1H3. The Balaban J connectivity index is 1.51. The van der Waals surface area contributed by atoms with E-state index in [0.717, 1.165) is 29.9 Å². The molecule has 0 aliphatic carbocycles. The van der Waals surface area contributed by atoms with E-state index in [9.17, 15) is 4.79 Å². The Hall–Kier alpha value is -2.51. The van der Waals surface area contributed by atoms with Gasteiger partial charge in [0.05, 0.1) is 5.01 Å². The minimum Gasteiger partial charge on any atom is -0.367 e. The molecule has 0 bridgehead atoms. The van der Waals surface area contributed by atoms with Crippen LogP contribution < -0.4 is 10.6 Å². The fraction of sp³-hybridized carbons (Fsp3) is 0.350. The number of thiazole rings is 1. The van der Waals surface area contributed by atoms with Gasteiger partial charge in [-0.15, -0.1) is 11.3 Å². The fourth-order valence-corrected chi connectivity index (χ4v) is 4.44. The fourth-order valence-electron chi connectivity index (χ4n) is 3.65. The molecule has 1 aromatic carbocycles. The molecule has 27 heavy (non-hydrogen) atoms. The van der Waals surface area contributed by atoms with Gasteiger partial charge < -0.3 is 15.5 Å². The Morgan fingerprint density at radius 3 is 3.04 bits per heavy atom. The Bertz CT molecular complexity index is 951. The lowest BCUT2D eigenvalue weighted by Crippen LogP contribution is -2.54. The number of carbonyl (C=O) groups is 1. The van der Waals surface area contributed by atoms with Gasteiger partial charge in [0.15, 0.2) is 0 Å². The van der Waals surface area contributed by atoms with Crippen molar-refractivity contribution in [2.24, 2.45) is 5.73 Å². The summed E-state index contributed by atoms with van der Waals surface area (Å²) in [5, 5.41) is 5.11. The largest absolute Gasteiger partial charge is 0.367 e. The molecule has 4 rings (SSSR count). The molecule has 1 saturated heterocycles. The number of pyridine rings is 1. The topological polar surface area (TPSA) is 75.4 Å². The summed E-state index contributed by atoms with van der Waals surface area (Å²) in [6.07, 6.45) is 4.44. The van der Waals surface area contributed by atoms with Crippen molar-refractivity contribution in [2.45, 2.75) is 19.4 Å². The number of fused-ring (bicyclic) bond motifs is 1. The molecule has 3 heterocycles. The molecule has 140 valence electrons. The number of nitrogens with two attached hydrogens (primary N) is 1. The van der Waals surface area contributed by atoms with E-state index in [-0.39, 0.29) is 11.9 Å². The first-order chi connectivity index (χ1) is 13.2. The van der Waals surface area contributed by atoms with Gasteiger partial charge in [0.25, 0.3) is 5.91 Å². The number of hydrogen-bond donors (Lipinski definition) is 1. The second-order valence-electron chi connectivity index (χ2n) is 6.83. The normalized spacial score (nSPS) is 17.5. The van der Waals surface area contributed by atoms with E-state index in [0.29, 0.717) is 18.8 Å². The van der Waals surface area contributed by atoms with Crippen molar-refractivity contribution in [3.05, 3.63) is 52.7 Å². The van der Waals surface area contributed by atoms with Crippen LogP contribution >= 0.6 is 11.3 Å². The molecule has 0 spiro atoms. The van der Waals surface area contributed by atoms with Gasteiger partial charge in [0, 0.05) is 66.3 Å². The molecule has 3 aromatic rings. The number of benzene rings is 1. The van der Waals surface area contributed by atoms with Crippen molar-refractivity contribution in [2.75, 3.05) is 31.1 Å². The Labute approximate surface area is 162 Å². The van der Waals surface area contributed by atoms with Gasteiger partial charge in [-0.25, -0.2) is 4.98 Å². The van der Waals surface area contributed by atoms with E-state index < -0.39 is 0 Å². The van der Waals surface area contributed by atoms with Crippen LogP contribution in [-0.2, 0) is 6.42 Å². The first kappa shape index (κ1) is 17.9. The molecule has 7 heteroatoms. The van der Waals surface area contributed by atoms with Crippen LogP contribution in [0.25, 0.3) is 10.8 Å². The molecule has 6 nitrogen and oxygen atoms in total. The molecule has 2 aromatic heterocycles. The van der Waals surface area contributed by atoms with Gasteiger partial charge in [-0.3, -0.25) is 9.78 Å². The van der Waals surface area contributed by atoms with Crippen LogP contribution in [0.1, 0.15) is 22.4 Å². The van der Waals surface area contributed by atoms with Crippen molar-refractivity contribution >= 4 is 33.7 Å². The van der Waals surface area contributed by atoms with Crippen molar-refractivity contribution in [3.63, 3.8) is 0 Å². The predicted molar refractivity (Wildman–Crippen MR) is 109 cm³/mol. The minimum atomic E-state index is 0.0174.